The summed E-state index contributed by atoms with van der Waals surface area (Å²) in [6.45, 7) is 1.15. The van der Waals surface area contributed by atoms with Crippen molar-refractivity contribution in [1.29, 1.82) is 0 Å². The highest BCUT2D eigenvalue weighted by Gasteiger charge is 2.26. The van der Waals surface area contributed by atoms with E-state index in [4.69, 9.17) is 4.74 Å². The Hall–Kier alpha value is -2.97. The maximum Gasteiger partial charge on any atom is 0.338 e. The molecule has 174 valence electrons. The summed E-state index contributed by atoms with van der Waals surface area (Å²) in [5, 5.41) is 0. The van der Waals surface area contributed by atoms with Gasteiger partial charge in [0, 0.05) is 0 Å². The summed E-state index contributed by atoms with van der Waals surface area (Å²) in [6.07, 6.45) is 6.11. The molecule has 0 unspecified atom stereocenters. The number of carbonyl (C=O) groups is 2. The third-order valence-corrected chi connectivity index (χ3v) is 4.71. The summed E-state index contributed by atoms with van der Waals surface area (Å²) < 4.78 is 76.8. The fourth-order valence-electron chi connectivity index (χ4n) is 2.90. The highest BCUT2D eigenvalue weighted by atomic mass is 19.2. The first kappa shape index (κ1) is 25.3. The minimum absolute atomic E-state index is 0.0571. The van der Waals surface area contributed by atoms with E-state index in [2.05, 4.69) is 11.7 Å². The largest absolute Gasteiger partial charge is 0.462 e. The average Bonchev–Trinajstić information content (AvgIpc) is 2.80. The zero-order valence-corrected chi connectivity index (χ0v) is 17.5. The van der Waals surface area contributed by atoms with Gasteiger partial charge in [-0.15, -0.1) is 0 Å². The molecule has 0 atom stereocenters. The van der Waals surface area contributed by atoms with Gasteiger partial charge in [0.05, 0.1) is 23.3 Å². The van der Waals surface area contributed by atoms with Gasteiger partial charge in [-0.1, -0.05) is 45.1 Å². The summed E-state index contributed by atoms with van der Waals surface area (Å²) in [6, 6.07) is 5.20. The minimum Gasteiger partial charge on any atom is -0.462 e. The van der Waals surface area contributed by atoms with E-state index in [9.17, 15) is 31.5 Å². The van der Waals surface area contributed by atoms with Crippen molar-refractivity contribution in [2.45, 2.75) is 52.1 Å². The maximum absolute atomic E-state index is 13.7. The normalized spacial score (nSPS) is 10.8. The molecule has 0 bridgehead atoms. The molecule has 2 rings (SSSR count). The van der Waals surface area contributed by atoms with Gasteiger partial charge in [-0.2, -0.15) is 0 Å². The predicted octanol–water partition coefficient (Wildman–Crippen LogP) is 6.26. The second-order valence-corrected chi connectivity index (χ2v) is 7.11. The quantitative estimate of drug-likeness (QED) is 0.131. The van der Waals surface area contributed by atoms with E-state index in [1.165, 1.54) is 18.2 Å². The fraction of sp³-hybridized carbons (Fsp3) is 0.391. The number of halogens is 5. The molecule has 0 fully saturated rings. The van der Waals surface area contributed by atoms with Crippen molar-refractivity contribution < 1.29 is 41.0 Å². The van der Waals surface area contributed by atoms with E-state index < -0.39 is 53.2 Å². The Kier molecular flexibility index (Phi) is 9.61. The summed E-state index contributed by atoms with van der Waals surface area (Å²) in [5.74, 6) is -12.5. The Balaban J connectivity index is 1.94. The van der Waals surface area contributed by atoms with Crippen molar-refractivity contribution in [3.8, 4) is 0 Å². The third kappa shape index (κ3) is 6.51. The number of benzene rings is 2. The Bertz CT molecular complexity index is 933. The number of rotatable bonds is 11. The van der Waals surface area contributed by atoms with Crippen LogP contribution in [0.15, 0.2) is 24.3 Å². The van der Waals surface area contributed by atoms with Gasteiger partial charge in [0.25, 0.3) is 0 Å². The Labute approximate surface area is 182 Å². The van der Waals surface area contributed by atoms with Crippen LogP contribution in [0.2, 0.25) is 0 Å². The molecule has 4 nitrogen and oxygen atoms in total. The van der Waals surface area contributed by atoms with E-state index in [1.807, 2.05) is 0 Å². The van der Waals surface area contributed by atoms with Crippen LogP contribution in [-0.4, -0.2) is 18.5 Å². The van der Waals surface area contributed by atoms with E-state index in [1.54, 1.807) is 0 Å². The zero-order chi connectivity index (χ0) is 23.7. The lowest BCUT2D eigenvalue weighted by Gasteiger charge is -2.10. The van der Waals surface area contributed by atoms with Gasteiger partial charge < -0.3 is 9.47 Å². The molecular formula is C23H23F5O4. The van der Waals surface area contributed by atoms with Crippen molar-refractivity contribution in [2.24, 2.45) is 0 Å². The molecule has 0 heterocycles. The van der Waals surface area contributed by atoms with Crippen LogP contribution in [0.4, 0.5) is 22.0 Å². The van der Waals surface area contributed by atoms with Crippen molar-refractivity contribution in [3.05, 3.63) is 70.0 Å². The number of hydrogen-bond acceptors (Lipinski definition) is 4. The predicted molar refractivity (Wildman–Crippen MR) is 105 cm³/mol. The first-order valence-corrected chi connectivity index (χ1v) is 10.2. The van der Waals surface area contributed by atoms with Crippen LogP contribution < -0.4 is 0 Å². The van der Waals surface area contributed by atoms with Crippen molar-refractivity contribution in [1.82, 2.24) is 0 Å². The van der Waals surface area contributed by atoms with Gasteiger partial charge in [0.1, 0.15) is 6.61 Å². The summed E-state index contributed by atoms with van der Waals surface area (Å²) in [4.78, 5) is 24.3. The minimum atomic E-state index is -2.30. The van der Waals surface area contributed by atoms with Gasteiger partial charge in [-0.05, 0) is 24.6 Å². The van der Waals surface area contributed by atoms with Gasteiger partial charge in [0.15, 0.2) is 23.3 Å². The Morgan fingerprint density at radius 1 is 0.719 bits per heavy atom. The van der Waals surface area contributed by atoms with E-state index in [-0.39, 0.29) is 17.7 Å². The lowest BCUT2D eigenvalue weighted by atomic mass is 10.1. The molecular weight excluding hydrogens is 435 g/mol. The van der Waals surface area contributed by atoms with Gasteiger partial charge in [0.2, 0.25) is 5.82 Å². The molecule has 0 aliphatic carbocycles. The van der Waals surface area contributed by atoms with Gasteiger partial charge >= 0.3 is 11.9 Å². The van der Waals surface area contributed by atoms with Crippen molar-refractivity contribution in [3.63, 3.8) is 0 Å². The Morgan fingerprint density at radius 3 is 1.81 bits per heavy atom. The second kappa shape index (κ2) is 12.2. The van der Waals surface area contributed by atoms with Crippen molar-refractivity contribution in [2.75, 3.05) is 6.61 Å². The van der Waals surface area contributed by atoms with Crippen LogP contribution in [0.3, 0.4) is 0 Å². The first-order chi connectivity index (χ1) is 15.3. The van der Waals surface area contributed by atoms with Crippen LogP contribution >= 0.6 is 0 Å². The maximum atomic E-state index is 13.7. The number of ether oxygens (including phenoxy) is 2. The highest BCUT2D eigenvalue weighted by molar-refractivity contribution is 5.95. The lowest BCUT2D eigenvalue weighted by molar-refractivity contribution is 0.0462. The van der Waals surface area contributed by atoms with Crippen LogP contribution in [0, 0.1) is 29.1 Å². The fourth-order valence-corrected chi connectivity index (χ4v) is 2.90. The second-order valence-electron chi connectivity index (χ2n) is 7.11. The van der Waals surface area contributed by atoms with Gasteiger partial charge in [-0.25, -0.2) is 31.5 Å². The smallest absolute Gasteiger partial charge is 0.338 e. The zero-order valence-electron chi connectivity index (χ0n) is 17.5. The number of esters is 2. The lowest BCUT2D eigenvalue weighted by Crippen LogP contribution is -2.13. The van der Waals surface area contributed by atoms with Gasteiger partial charge in [-0.3, -0.25) is 0 Å². The van der Waals surface area contributed by atoms with Crippen LogP contribution in [0.1, 0.15) is 71.7 Å². The van der Waals surface area contributed by atoms with E-state index >= 15 is 0 Å². The monoisotopic (exact) mass is 458 g/mol. The summed E-state index contributed by atoms with van der Waals surface area (Å²) in [7, 11) is 0. The van der Waals surface area contributed by atoms with E-state index in [0.717, 1.165) is 38.2 Å². The molecule has 0 saturated carbocycles. The van der Waals surface area contributed by atoms with Crippen molar-refractivity contribution >= 4 is 11.9 Å². The SMILES string of the molecule is CCCCCCCCOC(=O)c1cccc(C(=O)OCc2c(F)c(F)c(F)c(F)c2F)c1. The molecule has 32 heavy (non-hydrogen) atoms. The molecule has 0 aliphatic rings. The Morgan fingerprint density at radius 2 is 1.22 bits per heavy atom. The molecule has 0 aliphatic heterocycles. The molecule has 2 aromatic rings. The topological polar surface area (TPSA) is 52.6 Å². The summed E-state index contributed by atoms with van der Waals surface area (Å²) >= 11 is 0. The van der Waals surface area contributed by atoms with Crippen LogP contribution in [-0.2, 0) is 16.1 Å². The molecule has 0 saturated heterocycles. The third-order valence-electron chi connectivity index (χ3n) is 4.71. The highest BCUT2D eigenvalue weighted by Crippen LogP contribution is 2.24. The average molecular weight is 458 g/mol. The molecule has 0 radical (unpaired) electrons. The molecule has 0 aromatic heterocycles. The molecule has 0 amide bonds. The van der Waals surface area contributed by atoms with Crippen LogP contribution in [0.5, 0.6) is 0 Å². The number of hydrogen-bond donors (Lipinski definition) is 0. The number of carbonyl (C=O) groups excluding carboxylic acids is 2. The summed E-state index contributed by atoms with van der Waals surface area (Å²) in [5.41, 5.74) is -1.37. The van der Waals surface area contributed by atoms with E-state index in [0.29, 0.717) is 6.42 Å². The molecule has 0 spiro atoms. The molecule has 2 aromatic carbocycles. The molecule has 0 N–H and O–H groups in total. The standard InChI is InChI=1S/C23H23F5O4/c1-2-3-4-5-6-7-11-31-22(29)14-9-8-10-15(12-14)23(30)32-13-16-17(24)19(26)21(28)20(27)18(16)25/h8-10,12H,2-7,11,13H2,1H3. The molecule has 9 heteroatoms. The van der Waals surface area contributed by atoms with Crippen LogP contribution in [0.25, 0.3) is 0 Å². The number of unbranched alkanes of at least 4 members (excludes halogenated alkanes) is 5. The first-order valence-electron chi connectivity index (χ1n) is 10.2.